The van der Waals surface area contributed by atoms with E-state index in [0.717, 1.165) is 25.7 Å². The summed E-state index contributed by atoms with van der Waals surface area (Å²) in [4.78, 5) is 13.5. The smallest absolute Gasteiger partial charge is 0.261 e. The van der Waals surface area contributed by atoms with Crippen molar-refractivity contribution in [3.05, 3.63) is 0 Å². The Bertz CT molecular complexity index is 693. The van der Waals surface area contributed by atoms with Crippen LogP contribution in [0.5, 0.6) is 0 Å². The van der Waals surface area contributed by atoms with Crippen molar-refractivity contribution in [2.45, 2.75) is 138 Å². The number of rotatable bonds is 18. The first-order chi connectivity index (χ1) is 18.1. The molecule has 0 aliphatic carbocycles. The number of carbonyl (C=O) groups is 1. The third-order valence-electron chi connectivity index (χ3n) is 7.58. The molecule has 2 aliphatic rings. The lowest BCUT2D eigenvalue weighted by Crippen LogP contribution is -2.72. The van der Waals surface area contributed by atoms with E-state index in [9.17, 15) is 45.6 Å². The highest BCUT2D eigenvalue weighted by atomic mass is 16.8. The van der Waals surface area contributed by atoms with Crippen LogP contribution in [0, 0.1) is 0 Å². The van der Waals surface area contributed by atoms with Gasteiger partial charge in [-0.25, -0.2) is 0 Å². The van der Waals surface area contributed by atoms with Gasteiger partial charge in [0.25, 0.3) is 5.79 Å². The summed E-state index contributed by atoms with van der Waals surface area (Å²) in [6.07, 6.45) is -1.33. The quantitative estimate of drug-likeness (QED) is 0.0988. The standard InChI is InChI=1S/C26H48O12/c1-2-3-4-5-6-7-8-9-10-11-12-13-19(30)26(24(35)22(33)20(31)17(14-27)37-26)38-25(16-29)23(34)21(32)18(15-28)36-25/h17-18,20-24,27-29,31-35H,2-16H2,1H3/t17-,18-,20-,21-,22+,23+,24-,25?,26+/m1/s1. The molecule has 2 aliphatic heterocycles. The molecule has 0 amide bonds. The molecule has 0 bridgehead atoms. The van der Waals surface area contributed by atoms with Gasteiger partial charge in [-0.1, -0.05) is 71.1 Å². The van der Waals surface area contributed by atoms with Gasteiger partial charge >= 0.3 is 0 Å². The van der Waals surface area contributed by atoms with Gasteiger partial charge in [0.15, 0.2) is 5.78 Å². The van der Waals surface area contributed by atoms with Gasteiger partial charge in [0.2, 0.25) is 5.79 Å². The van der Waals surface area contributed by atoms with Crippen LogP contribution in [-0.2, 0) is 19.0 Å². The topological polar surface area (TPSA) is 207 Å². The predicted octanol–water partition coefficient (Wildman–Crippen LogP) is -0.755. The average Bonchev–Trinajstić information content (AvgIpc) is 3.16. The summed E-state index contributed by atoms with van der Waals surface area (Å²) in [5, 5.41) is 81.4. The van der Waals surface area contributed by atoms with Crippen LogP contribution in [0.3, 0.4) is 0 Å². The minimum atomic E-state index is -2.75. The summed E-state index contributed by atoms with van der Waals surface area (Å²) in [5.41, 5.74) is 0. The Labute approximate surface area is 224 Å². The van der Waals surface area contributed by atoms with Crippen LogP contribution in [0.25, 0.3) is 0 Å². The first-order valence-corrected chi connectivity index (χ1v) is 14.0. The normalized spacial score (nSPS) is 37.6. The largest absolute Gasteiger partial charge is 0.394 e. The van der Waals surface area contributed by atoms with Crippen LogP contribution in [-0.4, -0.2) is 121 Å². The first kappa shape index (κ1) is 33.4. The summed E-state index contributed by atoms with van der Waals surface area (Å²) in [6, 6.07) is 0. The van der Waals surface area contributed by atoms with Crippen molar-refractivity contribution in [3.8, 4) is 0 Å². The number of carbonyl (C=O) groups excluding carboxylic acids is 1. The van der Waals surface area contributed by atoms with Crippen LogP contribution in [0.1, 0.15) is 84.0 Å². The fourth-order valence-electron chi connectivity index (χ4n) is 5.15. The zero-order chi connectivity index (χ0) is 28.3. The molecular formula is C26H48O12. The Morgan fingerprint density at radius 1 is 0.684 bits per heavy atom. The molecule has 38 heavy (non-hydrogen) atoms. The SMILES string of the molecule is CCCCCCCCCCCCCC(=O)[C@@]1(OC2(CO)O[C@H](CO)[C@@H](O)[C@@H]2O)O[C@H](CO)[C@@H](O)[C@H](O)[C@H]1O. The van der Waals surface area contributed by atoms with Crippen molar-refractivity contribution in [3.63, 3.8) is 0 Å². The molecular weight excluding hydrogens is 504 g/mol. The van der Waals surface area contributed by atoms with E-state index in [1.807, 2.05) is 0 Å². The first-order valence-electron chi connectivity index (χ1n) is 14.0. The van der Waals surface area contributed by atoms with E-state index in [1.165, 1.54) is 32.1 Å². The number of aliphatic hydroxyl groups excluding tert-OH is 8. The fraction of sp³-hybridized carbons (Fsp3) is 0.962. The molecule has 9 atom stereocenters. The molecule has 0 radical (unpaired) electrons. The molecule has 0 saturated carbocycles. The van der Waals surface area contributed by atoms with Crippen molar-refractivity contribution >= 4 is 5.78 Å². The van der Waals surface area contributed by atoms with Crippen LogP contribution in [0.4, 0.5) is 0 Å². The maximum Gasteiger partial charge on any atom is 0.261 e. The zero-order valence-electron chi connectivity index (χ0n) is 22.4. The number of unbranched alkanes of at least 4 members (excludes halogenated alkanes) is 10. The number of hydrogen-bond donors (Lipinski definition) is 8. The molecule has 2 fully saturated rings. The van der Waals surface area contributed by atoms with Crippen LogP contribution in [0.2, 0.25) is 0 Å². The molecule has 0 aromatic rings. The Morgan fingerprint density at radius 2 is 1.18 bits per heavy atom. The number of hydrogen-bond acceptors (Lipinski definition) is 12. The number of ether oxygens (including phenoxy) is 3. The zero-order valence-corrected chi connectivity index (χ0v) is 22.4. The second-order valence-electron chi connectivity index (χ2n) is 10.5. The minimum Gasteiger partial charge on any atom is -0.394 e. The monoisotopic (exact) mass is 552 g/mol. The minimum absolute atomic E-state index is 0.182. The number of ketones is 1. The number of aliphatic hydroxyl groups is 8. The molecule has 1 unspecified atom stereocenters. The lowest BCUT2D eigenvalue weighted by atomic mass is 9.87. The van der Waals surface area contributed by atoms with Gasteiger partial charge in [-0.05, 0) is 6.42 Å². The van der Waals surface area contributed by atoms with Gasteiger partial charge in [-0.3, -0.25) is 4.79 Å². The molecule has 224 valence electrons. The summed E-state index contributed by atoms with van der Waals surface area (Å²) in [7, 11) is 0. The van der Waals surface area contributed by atoms with E-state index < -0.39 is 79.9 Å². The van der Waals surface area contributed by atoms with Crippen molar-refractivity contribution in [1.29, 1.82) is 0 Å². The van der Waals surface area contributed by atoms with Crippen molar-refractivity contribution < 1.29 is 59.9 Å². The summed E-state index contributed by atoms with van der Waals surface area (Å²) < 4.78 is 16.6. The third-order valence-corrected chi connectivity index (χ3v) is 7.58. The lowest BCUT2D eigenvalue weighted by Gasteiger charge is -2.50. The molecule has 0 aromatic heterocycles. The molecule has 2 heterocycles. The van der Waals surface area contributed by atoms with Crippen molar-refractivity contribution in [1.82, 2.24) is 0 Å². The maximum absolute atomic E-state index is 13.5. The fourth-order valence-corrected chi connectivity index (χ4v) is 5.15. The second kappa shape index (κ2) is 15.9. The van der Waals surface area contributed by atoms with Crippen molar-refractivity contribution in [2.75, 3.05) is 19.8 Å². The molecule has 8 N–H and O–H groups in total. The second-order valence-corrected chi connectivity index (χ2v) is 10.5. The molecule has 2 rings (SSSR count). The summed E-state index contributed by atoms with van der Waals surface area (Å²) in [6.45, 7) is -0.538. The Balaban J connectivity index is 2.07. The summed E-state index contributed by atoms with van der Waals surface area (Å²) >= 11 is 0. The molecule has 12 nitrogen and oxygen atoms in total. The van der Waals surface area contributed by atoms with Gasteiger partial charge < -0.3 is 55.1 Å². The van der Waals surface area contributed by atoms with Gasteiger partial charge in [-0.2, -0.15) is 0 Å². The van der Waals surface area contributed by atoms with Gasteiger partial charge in [0, 0.05) is 6.42 Å². The molecule has 12 heteroatoms. The van der Waals surface area contributed by atoms with E-state index in [0.29, 0.717) is 12.8 Å². The predicted molar refractivity (Wildman–Crippen MR) is 134 cm³/mol. The van der Waals surface area contributed by atoms with Gasteiger partial charge in [0.05, 0.1) is 13.2 Å². The highest BCUT2D eigenvalue weighted by Crippen LogP contribution is 2.42. The summed E-state index contributed by atoms with van der Waals surface area (Å²) in [5.74, 6) is -6.13. The van der Waals surface area contributed by atoms with Gasteiger partial charge in [-0.15, -0.1) is 0 Å². The van der Waals surface area contributed by atoms with E-state index in [4.69, 9.17) is 14.2 Å². The average molecular weight is 553 g/mol. The number of Topliss-reactive ketones (excluding diaryl/α,β-unsaturated/α-hetero) is 1. The van der Waals surface area contributed by atoms with Crippen molar-refractivity contribution in [2.24, 2.45) is 0 Å². The van der Waals surface area contributed by atoms with Crippen LogP contribution >= 0.6 is 0 Å². The highest BCUT2D eigenvalue weighted by Gasteiger charge is 2.65. The maximum atomic E-state index is 13.5. The molecule has 2 saturated heterocycles. The van der Waals surface area contributed by atoms with E-state index in [2.05, 4.69) is 6.92 Å². The Kier molecular flexibility index (Phi) is 14.0. The Morgan fingerprint density at radius 3 is 1.66 bits per heavy atom. The van der Waals surface area contributed by atoms with E-state index in [1.54, 1.807) is 0 Å². The Hall–Kier alpha value is -0.770. The van der Waals surface area contributed by atoms with Crippen LogP contribution < -0.4 is 0 Å². The molecule has 0 aromatic carbocycles. The highest BCUT2D eigenvalue weighted by molar-refractivity contribution is 5.87. The third kappa shape index (κ3) is 7.70. The molecule has 0 spiro atoms. The van der Waals surface area contributed by atoms with E-state index in [-0.39, 0.29) is 6.42 Å². The van der Waals surface area contributed by atoms with E-state index >= 15 is 0 Å². The van der Waals surface area contributed by atoms with Crippen LogP contribution in [0.15, 0.2) is 0 Å². The van der Waals surface area contributed by atoms with Gasteiger partial charge in [0.1, 0.15) is 49.3 Å². The lowest BCUT2D eigenvalue weighted by molar-refractivity contribution is -0.416.